The number of rotatable bonds is 11. The first-order valence-electron chi connectivity index (χ1n) is 13.0. The molecule has 0 spiro atoms. The average molecular weight is 501 g/mol. The predicted molar refractivity (Wildman–Crippen MR) is 137 cm³/mol. The molecule has 1 saturated heterocycles. The molecule has 7 N–H and O–H groups in total. The summed E-state index contributed by atoms with van der Waals surface area (Å²) in [4.78, 5) is 39.6. The Kier molecular flexibility index (Phi) is 10.5. The van der Waals surface area contributed by atoms with E-state index in [1.54, 1.807) is 4.90 Å². The number of amides is 2. The van der Waals surface area contributed by atoms with Crippen LogP contribution in [0.1, 0.15) is 56.9 Å². The third kappa shape index (κ3) is 8.82. The highest BCUT2D eigenvalue weighted by Crippen LogP contribution is 2.27. The van der Waals surface area contributed by atoms with E-state index in [1.165, 1.54) is 6.42 Å². The van der Waals surface area contributed by atoms with E-state index in [0.29, 0.717) is 44.7 Å². The highest BCUT2D eigenvalue weighted by atomic mass is 16.4. The smallest absolute Gasteiger partial charge is 0.317 e. The van der Waals surface area contributed by atoms with E-state index >= 15 is 0 Å². The molecule has 1 aliphatic carbocycles. The van der Waals surface area contributed by atoms with E-state index in [0.717, 1.165) is 31.2 Å². The summed E-state index contributed by atoms with van der Waals surface area (Å²) in [5.74, 6) is -1.23. The number of carboxylic acid groups (broad SMARTS) is 1. The van der Waals surface area contributed by atoms with Crippen LogP contribution in [0.5, 0.6) is 0 Å². The van der Waals surface area contributed by atoms with Crippen molar-refractivity contribution in [2.45, 2.75) is 75.9 Å². The Labute approximate surface area is 212 Å². The van der Waals surface area contributed by atoms with E-state index < -0.39 is 18.1 Å². The molecule has 36 heavy (non-hydrogen) atoms. The third-order valence-corrected chi connectivity index (χ3v) is 7.21. The van der Waals surface area contributed by atoms with Crippen LogP contribution in [0.4, 0.5) is 0 Å². The SMILES string of the molecule is N=C(N)N1CCC(NC(=O)[C@H](Cc2ccccc2)NC(=O)[C@@H](CC2CCCCC2)NCC(=O)O)CC1. The molecule has 198 valence electrons. The lowest BCUT2D eigenvalue weighted by atomic mass is 9.84. The summed E-state index contributed by atoms with van der Waals surface area (Å²) < 4.78 is 0. The van der Waals surface area contributed by atoms with Crippen molar-refractivity contribution in [3.63, 3.8) is 0 Å². The van der Waals surface area contributed by atoms with Crippen molar-refractivity contribution >= 4 is 23.7 Å². The maximum absolute atomic E-state index is 13.4. The van der Waals surface area contributed by atoms with Gasteiger partial charge in [0.1, 0.15) is 6.04 Å². The van der Waals surface area contributed by atoms with E-state index in [4.69, 9.17) is 16.2 Å². The number of carbonyl (C=O) groups excluding carboxylic acids is 2. The average Bonchev–Trinajstić information content (AvgIpc) is 2.87. The fourth-order valence-electron chi connectivity index (χ4n) is 5.15. The van der Waals surface area contributed by atoms with Crippen LogP contribution in [0.3, 0.4) is 0 Å². The summed E-state index contributed by atoms with van der Waals surface area (Å²) in [6, 6.07) is 8.00. The zero-order valence-corrected chi connectivity index (χ0v) is 20.9. The maximum Gasteiger partial charge on any atom is 0.317 e. The number of hydrogen-bond donors (Lipinski definition) is 6. The standard InChI is InChI=1S/C26H40N6O4/c27-26(28)32-13-11-20(12-14-32)30-25(36)22(16-19-9-5-2-6-10-19)31-24(35)21(29-17-23(33)34)15-18-7-3-1-4-8-18/h2,5-6,9-10,18,20-22,29H,1,3-4,7-8,11-17H2,(H3,27,28)(H,30,36)(H,31,35)(H,33,34)/t21-,22+/m1/s1. The lowest BCUT2D eigenvalue weighted by Gasteiger charge is -2.33. The summed E-state index contributed by atoms with van der Waals surface area (Å²) in [5.41, 5.74) is 6.50. The summed E-state index contributed by atoms with van der Waals surface area (Å²) in [6.07, 6.45) is 7.74. The molecule has 10 heteroatoms. The number of nitrogens with two attached hydrogens (primary N) is 1. The van der Waals surface area contributed by atoms with Gasteiger partial charge in [-0.15, -0.1) is 0 Å². The second-order valence-corrected chi connectivity index (χ2v) is 9.97. The fourth-order valence-corrected chi connectivity index (χ4v) is 5.15. The van der Waals surface area contributed by atoms with Crippen LogP contribution in [0.15, 0.2) is 30.3 Å². The first-order chi connectivity index (χ1) is 17.3. The van der Waals surface area contributed by atoms with Gasteiger partial charge in [-0.1, -0.05) is 62.4 Å². The summed E-state index contributed by atoms with van der Waals surface area (Å²) in [7, 11) is 0. The van der Waals surface area contributed by atoms with Crippen molar-refractivity contribution in [2.24, 2.45) is 11.7 Å². The zero-order valence-electron chi connectivity index (χ0n) is 20.9. The van der Waals surface area contributed by atoms with Crippen molar-refractivity contribution in [3.05, 3.63) is 35.9 Å². The van der Waals surface area contributed by atoms with Crippen molar-refractivity contribution in [2.75, 3.05) is 19.6 Å². The molecule has 0 radical (unpaired) electrons. The monoisotopic (exact) mass is 500 g/mol. The minimum absolute atomic E-state index is 0.0341. The van der Waals surface area contributed by atoms with Gasteiger partial charge in [-0.25, -0.2) is 0 Å². The normalized spacial score (nSPS) is 18.7. The fraction of sp³-hybridized carbons (Fsp3) is 0.615. The lowest BCUT2D eigenvalue weighted by Crippen LogP contribution is -2.57. The molecule has 3 rings (SSSR count). The first kappa shape index (κ1) is 27.4. The van der Waals surface area contributed by atoms with Crippen LogP contribution in [-0.2, 0) is 20.8 Å². The molecule has 2 amide bonds. The van der Waals surface area contributed by atoms with Crippen LogP contribution in [0, 0.1) is 11.3 Å². The van der Waals surface area contributed by atoms with E-state index in [9.17, 15) is 14.4 Å². The molecule has 2 atom stereocenters. The second-order valence-electron chi connectivity index (χ2n) is 9.97. The molecule has 1 saturated carbocycles. The van der Waals surface area contributed by atoms with Gasteiger partial charge in [-0.2, -0.15) is 0 Å². The number of carboxylic acids is 1. The molecule has 1 aromatic rings. The van der Waals surface area contributed by atoms with Crippen LogP contribution in [0.25, 0.3) is 0 Å². The Morgan fingerprint density at radius 3 is 2.28 bits per heavy atom. The maximum atomic E-state index is 13.4. The van der Waals surface area contributed by atoms with Crippen molar-refractivity contribution in [3.8, 4) is 0 Å². The minimum Gasteiger partial charge on any atom is -0.480 e. The largest absolute Gasteiger partial charge is 0.480 e. The second kappa shape index (κ2) is 13.8. The number of likely N-dealkylation sites (tertiary alicyclic amines) is 1. The molecule has 0 aromatic heterocycles. The molecular formula is C26H40N6O4. The Morgan fingerprint density at radius 1 is 1.00 bits per heavy atom. The number of aliphatic carboxylic acids is 1. The lowest BCUT2D eigenvalue weighted by molar-refractivity contribution is -0.136. The Morgan fingerprint density at radius 2 is 1.67 bits per heavy atom. The highest BCUT2D eigenvalue weighted by Gasteiger charge is 2.30. The molecular weight excluding hydrogens is 460 g/mol. The van der Waals surface area contributed by atoms with Gasteiger partial charge in [-0.3, -0.25) is 25.1 Å². The number of hydrogen-bond acceptors (Lipinski definition) is 5. The van der Waals surface area contributed by atoms with Gasteiger partial charge < -0.3 is 26.4 Å². The van der Waals surface area contributed by atoms with Crippen molar-refractivity contribution < 1.29 is 19.5 Å². The number of nitrogens with one attached hydrogen (secondary N) is 4. The summed E-state index contributed by atoms with van der Waals surface area (Å²) in [6.45, 7) is 0.881. The van der Waals surface area contributed by atoms with E-state index in [2.05, 4.69) is 16.0 Å². The van der Waals surface area contributed by atoms with Gasteiger partial charge in [-0.05, 0) is 30.7 Å². The van der Waals surface area contributed by atoms with Gasteiger partial charge in [0.25, 0.3) is 0 Å². The molecule has 1 aromatic carbocycles. The predicted octanol–water partition coefficient (Wildman–Crippen LogP) is 1.20. The zero-order chi connectivity index (χ0) is 25.9. The van der Waals surface area contributed by atoms with E-state index in [1.807, 2.05) is 30.3 Å². The molecule has 1 aliphatic heterocycles. The van der Waals surface area contributed by atoms with Crippen LogP contribution in [0.2, 0.25) is 0 Å². The topological polar surface area (TPSA) is 161 Å². The number of nitrogens with zero attached hydrogens (tertiary/aromatic N) is 1. The number of piperidine rings is 1. The molecule has 0 unspecified atom stereocenters. The Bertz CT molecular complexity index is 882. The van der Waals surface area contributed by atoms with E-state index in [-0.39, 0.29) is 30.4 Å². The van der Waals surface area contributed by atoms with Gasteiger partial charge in [0.05, 0.1) is 12.6 Å². The Hall–Kier alpha value is -3.14. The van der Waals surface area contributed by atoms with Crippen molar-refractivity contribution in [1.29, 1.82) is 5.41 Å². The quantitative estimate of drug-likeness (QED) is 0.197. The minimum atomic E-state index is -1.02. The van der Waals surface area contributed by atoms with Gasteiger partial charge >= 0.3 is 5.97 Å². The van der Waals surface area contributed by atoms with Gasteiger partial charge in [0.2, 0.25) is 11.8 Å². The number of carbonyl (C=O) groups is 3. The Balaban J connectivity index is 1.67. The number of guanidine groups is 1. The molecule has 2 aliphatic rings. The number of benzene rings is 1. The first-order valence-corrected chi connectivity index (χ1v) is 13.0. The van der Waals surface area contributed by atoms with Crippen LogP contribution < -0.4 is 21.7 Å². The molecule has 2 fully saturated rings. The summed E-state index contributed by atoms with van der Waals surface area (Å²) in [5, 5.41) is 25.6. The molecule has 10 nitrogen and oxygen atoms in total. The third-order valence-electron chi connectivity index (χ3n) is 7.21. The van der Waals surface area contributed by atoms with Gasteiger partial charge in [0.15, 0.2) is 5.96 Å². The summed E-state index contributed by atoms with van der Waals surface area (Å²) >= 11 is 0. The van der Waals surface area contributed by atoms with Crippen molar-refractivity contribution in [1.82, 2.24) is 20.9 Å². The highest BCUT2D eigenvalue weighted by molar-refractivity contribution is 5.90. The van der Waals surface area contributed by atoms with Crippen LogP contribution in [-0.4, -0.2) is 71.5 Å². The van der Waals surface area contributed by atoms with Gasteiger partial charge in [0, 0.05) is 25.6 Å². The van der Waals surface area contributed by atoms with Crippen LogP contribution >= 0.6 is 0 Å². The molecule has 0 bridgehead atoms. The molecule has 1 heterocycles.